The maximum atomic E-state index is 12.9. The highest BCUT2D eigenvalue weighted by molar-refractivity contribution is 5.28. The largest absolute Gasteiger partial charge is 0.491 e. The SMILES string of the molecule is CCCCOCCOc1ccc(F)c(C)c1. The van der Waals surface area contributed by atoms with Crippen LogP contribution in [0.25, 0.3) is 0 Å². The monoisotopic (exact) mass is 226 g/mol. The molecule has 1 rings (SSSR count). The highest BCUT2D eigenvalue weighted by atomic mass is 19.1. The second-order valence-electron chi connectivity index (χ2n) is 3.73. The minimum atomic E-state index is -0.202. The van der Waals surface area contributed by atoms with Crippen LogP contribution < -0.4 is 4.74 Å². The lowest BCUT2D eigenvalue weighted by Gasteiger charge is -2.07. The van der Waals surface area contributed by atoms with Crippen molar-refractivity contribution in [1.29, 1.82) is 0 Å². The molecule has 0 heterocycles. The Morgan fingerprint density at radius 3 is 2.69 bits per heavy atom. The molecule has 0 aromatic heterocycles. The highest BCUT2D eigenvalue weighted by Gasteiger charge is 1.99. The van der Waals surface area contributed by atoms with Gasteiger partial charge in [-0.2, -0.15) is 0 Å². The standard InChI is InChI=1S/C13H19FO2/c1-3-4-7-15-8-9-16-12-5-6-13(14)11(2)10-12/h5-6,10H,3-4,7-9H2,1-2H3. The molecule has 1 aromatic carbocycles. The normalized spacial score (nSPS) is 10.4. The minimum absolute atomic E-state index is 0.202. The van der Waals surface area contributed by atoms with Crippen molar-refractivity contribution >= 4 is 0 Å². The molecular weight excluding hydrogens is 207 g/mol. The molecule has 0 N–H and O–H groups in total. The first-order valence-electron chi connectivity index (χ1n) is 5.70. The number of hydrogen-bond acceptors (Lipinski definition) is 2. The summed E-state index contributed by atoms with van der Waals surface area (Å²) in [6.45, 7) is 5.72. The predicted octanol–water partition coefficient (Wildman–Crippen LogP) is 3.33. The van der Waals surface area contributed by atoms with Crippen LogP contribution in [0.1, 0.15) is 25.3 Å². The Hall–Kier alpha value is -1.09. The van der Waals surface area contributed by atoms with Crippen molar-refractivity contribution in [3.63, 3.8) is 0 Å². The van der Waals surface area contributed by atoms with Crippen LogP contribution in [-0.2, 0) is 4.74 Å². The Morgan fingerprint density at radius 1 is 1.19 bits per heavy atom. The van der Waals surface area contributed by atoms with E-state index in [9.17, 15) is 4.39 Å². The molecule has 0 atom stereocenters. The van der Waals surface area contributed by atoms with E-state index in [2.05, 4.69) is 6.92 Å². The zero-order valence-electron chi connectivity index (χ0n) is 9.96. The van der Waals surface area contributed by atoms with Gasteiger partial charge in [0.2, 0.25) is 0 Å². The van der Waals surface area contributed by atoms with Crippen molar-refractivity contribution in [1.82, 2.24) is 0 Å². The molecule has 0 fully saturated rings. The summed E-state index contributed by atoms with van der Waals surface area (Å²) in [5, 5.41) is 0. The van der Waals surface area contributed by atoms with Gasteiger partial charge < -0.3 is 9.47 Å². The topological polar surface area (TPSA) is 18.5 Å². The molecule has 16 heavy (non-hydrogen) atoms. The third kappa shape index (κ3) is 4.62. The van der Waals surface area contributed by atoms with Crippen molar-refractivity contribution in [2.75, 3.05) is 19.8 Å². The van der Waals surface area contributed by atoms with Gasteiger partial charge in [-0.1, -0.05) is 13.3 Å². The van der Waals surface area contributed by atoms with Crippen molar-refractivity contribution in [3.8, 4) is 5.75 Å². The van der Waals surface area contributed by atoms with Crippen LogP contribution >= 0.6 is 0 Å². The summed E-state index contributed by atoms with van der Waals surface area (Å²) in [7, 11) is 0. The van der Waals surface area contributed by atoms with Gasteiger partial charge in [-0.3, -0.25) is 0 Å². The molecule has 1 aromatic rings. The van der Waals surface area contributed by atoms with Crippen molar-refractivity contribution in [2.24, 2.45) is 0 Å². The van der Waals surface area contributed by atoms with E-state index < -0.39 is 0 Å². The van der Waals surface area contributed by atoms with Crippen molar-refractivity contribution in [2.45, 2.75) is 26.7 Å². The maximum Gasteiger partial charge on any atom is 0.126 e. The fourth-order valence-electron chi connectivity index (χ4n) is 1.27. The molecule has 0 saturated heterocycles. The van der Waals surface area contributed by atoms with Gasteiger partial charge >= 0.3 is 0 Å². The number of hydrogen-bond donors (Lipinski definition) is 0. The zero-order chi connectivity index (χ0) is 11.8. The summed E-state index contributed by atoms with van der Waals surface area (Å²) in [6.07, 6.45) is 2.22. The summed E-state index contributed by atoms with van der Waals surface area (Å²) in [5.74, 6) is 0.490. The molecule has 90 valence electrons. The summed E-state index contributed by atoms with van der Waals surface area (Å²) in [6, 6.07) is 4.75. The molecule has 0 aliphatic rings. The van der Waals surface area contributed by atoms with Gasteiger partial charge in [-0.25, -0.2) is 4.39 Å². The summed E-state index contributed by atoms with van der Waals surface area (Å²) in [4.78, 5) is 0. The Morgan fingerprint density at radius 2 is 2.00 bits per heavy atom. The molecule has 2 nitrogen and oxygen atoms in total. The van der Waals surface area contributed by atoms with E-state index in [4.69, 9.17) is 9.47 Å². The smallest absolute Gasteiger partial charge is 0.126 e. The fourth-order valence-corrected chi connectivity index (χ4v) is 1.27. The van der Waals surface area contributed by atoms with Gasteiger partial charge in [-0.15, -0.1) is 0 Å². The number of ether oxygens (including phenoxy) is 2. The minimum Gasteiger partial charge on any atom is -0.491 e. The molecule has 0 aliphatic heterocycles. The molecule has 0 radical (unpaired) electrons. The molecule has 0 bridgehead atoms. The van der Waals surface area contributed by atoms with E-state index in [-0.39, 0.29) is 5.82 Å². The van der Waals surface area contributed by atoms with E-state index in [1.807, 2.05) is 0 Å². The Bertz CT molecular complexity index is 313. The van der Waals surface area contributed by atoms with Crippen LogP contribution in [-0.4, -0.2) is 19.8 Å². The summed E-state index contributed by atoms with van der Waals surface area (Å²) in [5.41, 5.74) is 0.601. The number of benzene rings is 1. The predicted molar refractivity (Wildman–Crippen MR) is 62.4 cm³/mol. The third-order valence-corrected chi connectivity index (χ3v) is 2.27. The lowest BCUT2D eigenvalue weighted by Crippen LogP contribution is -2.07. The van der Waals surface area contributed by atoms with Crippen LogP contribution in [0.3, 0.4) is 0 Å². The van der Waals surface area contributed by atoms with Crippen LogP contribution in [0.2, 0.25) is 0 Å². The van der Waals surface area contributed by atoms with Gasteiger partial charge in [0.15, 0.2) is 0 Å². The highest BCUT2D eigenvalue weighted by Crippen LogP contribution is 2.15. The van der Waals surface area contributed by atoms with E-state index in [0.29, 0.717) is 24.5 Å². The van der Waals surface area contributed by atoms with Gasteiger partial charge in [-0.05, 0) is 37.1 Å². The van der Waals surface area contributed by atoms with Crippen LogP contribution in [0.5, 0.6) is 5.75 Å². The second-order valence-corrected chi connectivity index (χ2v) is 3.73. The average Bonchev–Trinajstić information content (AvgIpc) is 2.28. The molecule has 0 unspecified atom stereocenters. The first-order valence-corrected chi connectivity index (χ1v) is 5.70. The zero-order valence-corrected chi connectivity index (χ0v) is 9.96. The maximum absolute atomic E-state index is 12.9. The number of unbranched alkanes of at least 4 members (excludes halogenated alkanes) is 1. The molecule has 0 aliphatic carbocycles. The summed E-state index contributed by atoms with van der Waals surface area (Å²) < 4.78 is 23.7. The van der Waals surface area contributed by atoms with Crippen LogP contribution in [0.15, 0.2) is 18.2 Å². The van der Waals surface area contributed by atoms with Crippen LogP contribution in [0.4, 0.5) is 4.39 Å². The fraction of sp³-hybridized carbons (Fsp3) is 0.538. The van der Waals surface area contributed by atoms with Gasteiger partial charge in [0.25, 0.3) is 0 Å². The number of rotatable bonds is 7. The third-order valence-electron chi connectivity index (χ3n) is 2.27. The van der Waals surface area contributed by atoms with E-state index in [0.717, 1.165) is 19.4 Å². The van der Waals surface area contributed by atoms with Gasteiger partial charge in [0, 0.05) is 6.61 Å². The van der Waals surface area contributed by atoms with Gasteiger partial charge in [0.05, 0.1) is 6.61 Å². The Kier molecular flexibility index (Phi) is 5.86. The summed E-state index contributed by atoms with van der Waals surface area (Å²) >= 11 is 0. The van der Waals surface area contributed by atoms with E-state index >= 15 is 0 Å². The van der Waals surface area contributed by atoms with E-state index in [1.54, 1.807) is 19.1 Å². The quantitative estimate of drug-likeness (QED) is 0.664. The molecule has 0 spiro atoms. The lowest BCUT2D eigenvalue weighted by atomic mass is 10.2. The number of aryl methyl sites for hydroxylation is 1. The molecule has 0 amide bonds. The molecule has 0 saturated carbocycles. The van der Waals surface area contributed by atoms with Crippen molar-refractivity contribution < 1.29 is 13.9 Å². The molecular formula is C13H19FO2. The Balaban J connectivity index is 2.19. The lowest BCUT2D eigenvalue weighted by molar-refractivity contribution is 0.0980. The van der Waals surface area contributed by atoms with Gasteiger partial charge in [0.1, 0.15) is 18.2 Å². The van der Waals surface area contributed by atoms with Crippen LogP contribution in [0, 0.1) is 12.7 Å². The molecule has 3 heteroatoms. The van der Waals surface area contributed by atoms with Crippen molar-refractivity contribution in [3.05, 3.63) is 29.6 Å². The number of halogens is 1. The first-order chi connectivity index (χ1) is 7.74. The Labute approximate surface area is 96.4 Å². The average molecular weight is 226 g/mol. The second kappa shape index (κ2) is 7.23. The first kappa shape index (κ1) is 13.0. The van der Waals surface area contributed by atoms with E-state index in [1.165, 1.54) is 6.07 Å².